The Balaban J connectivity index is 2.43. The van der Waals surface area contributed by atoms with Gasteiger partial charge >= 0.3 is 0 Å². The van der Waals surface area contributed by atoms with E-state index in [0.29, 0.717) is 11.4 Å². The van der Waals surface area contributed by atoms with Crippen molar-refractivity contribution in [3.05, 3.63) is 47.0 Å². The molecule has 0 aromatic heterocycles. The van der Waals surface area contributed by atoms with E-state index in [1.165, 1.54) is 10.1 Å². The molecule has 100 valence electrons. The third kappa shape index (κ3) is 2.34. The molecule has 1 amide bonds. The first-order chi connectivity index (χ1) is 9.06. The minimum Gasteiger partial charge on any atom is -0.269 e. The highest BCUT2D eigenvalue weighted by Crippen LogP contribution is 2.29. The second kappa shape index (κ2) is 5.19. The van der Waals surface area contributed by atoms with E-state index in [9.17, 15) is 9.70 Å². The minimum absolute atomic E-state index is 0.161. The summed E-state index contributed by atoms with van der Waals surface area (Å²) >= 11 is 0. The van der Waals surface area contributed by atoms with Crippen molar-refractivity contribution >= 4 is 11.6 Å². The molecule has 0 radical (unpaired) electrons. The van der Waals surface area contributed by atoms with Crippen molar-refractivity contribution in [3.8, 4) is 0 Å². The highest BCUT2D eigenvalue weighted by molar-refractivity contribution is 6.01. The zero-order chi connectivity index (χ0) is 14.0. The lowest BCUT2D eigenvalue weighted by molar-refractivity contribution is -0.118. The molecule has 6 heteroatoms. The number of carbonyl (C=O) groups excluding carboxylic acids is 1. The van der Waals surface area contributed by atoms with Crippen LogP contribution in [0, 0.1) is 10.8 Å². The maximum Gasteiger partial charge on any atom is 0.281 e. The van der Waals surface area contributed by atoms with Gasteiger partial charge in [-0.2, -0.15) is 0 Å². The van der Waals surface area contributed by atoms with Crippen LogP contribution in [0.4, 0.5) is 5.69 Å². The van der Waals surface area contributed by atoms with Gasteiger partial charge in [0.15, 0.2) is 0 Å². The zero-order valence-corrected chi connectivity index (χ0v) is 10.9. The minimum atomic E-state index is -1.08. The zero-order valence-electron chi connectivity index (χ0n) is 10.9. The highest BCUT2D eigenvalue weighted by Gasteiger charge is 2.43. The van der Waals surface area contributed by atoms with Crippen LogP contribution in [0.2, 0.25) is 0 Å². The van der Waals surface area contributed by atoms with Gasteiger partial charge < -0.3 is 0 Å². The Hall–Kier alpha value is -2.21. The van der Waals surface area contributed by atoms with E-state index >= 15 is 0 Å². The summed E-state index contributed by atoms with van der Waals surface area (Å²) in [5.74, 6) is 5.66. The molecule has 1 aliphatic heterocycles. The van der Waals surface area contributed by atoms with Gasteiger partial charge in [0.1, 0.15) is 0 Å². The Kier molecular flexibility index (Phi) is 3.62. The van der Waals surface area contributed by atoms with Gasteiger partial charge in [0.2, 0.25) is 6.04 Å². The second-order valence-electron chi connectivity index (χ2n) is 4.67. The fourth-order valence-corrected chi connectivity index (χ4v) is 2.02. The fraction of sp³-hybridized carbons (Fsp3) is 0.308. The monoisotopic (exact) mass is 260 g/mol. The van der Waals surface area contributed by atoms with Gasteiger partial charge in [-0.3, -0.25) is 4.79 Å². The number of allylic oxidation sites excluding steroid dienone is 1. The van der Waals surface area contributed by atoms with Gasteiger partial charge in [-0.25, -0.2) is 16.0 Å². The van der Waals surface area contributed by atoms with E-state index in [1.807, 2.05) is 19.9 Å². The normalized spacial score (nSPS) is 21.6. The summed E-state index contributed by atoms with van der Waals surface area (Å²) in [5.41, 5.74) is 1.02. The van der Waals surface area contributed by atoms with Gasteiger partial charge in [-0.05, 0) is 23.2 Å². The lowest BCUT2D eigenvalue weighted by Crippen LogP contribution is -2.43. The standard InChI is InChI=1S/C13H16N4O2/c1-9(2)8-11-12(15-19)13(18)16(17(11)14)10-6-4-3-5-7-10/h3-9,12H,14H2,1-2H3. The predicted octanol–water partition coefficient (Wildman–Crippen LogP) is 1.80. The SMILES string of the molecule is CC(C)C=C1C(N=O)C(=O)N(c2ccccc2)N1N. The molecule has 1 fully saturated rings. The molecule has 1 unspecified atom stereocenters. The number of nitroso groups, excluding NO2 is 1. The van der Waals surface area contributed by atoms with Gasteiger partial charge in [0.05, 0.1) is 11.4 Å². The van der Waals surface area contributed by atoms with E-state index in [1.54, 1.807) is 30.3 Å². The third-order valence-corrected chi connectivity index (χ3v) is 2.81. The smallest absolute Gasteiger partial charge is 0.269 e. The largest absolute Gasteiger partial charge is 0.281 e. The number of amides is 1. The van der Waals surface area contributed by atoms with Crippen LogP contribution in [0.25, 0.3) is 0 Å². The van der Waals surface area contributed by atoms with Crippen molar-refractivity contribution in [2.24, 2.45) is 16.9 Å². The molecule has 1 saturated heterocycles. The molecule has 1 heterocycles. The predicted molar refractivity (Wildman–Crippen MR) is 72.5 cm³/mol. The molecular weight excluding hydrogens is 244 g/mol. The lowest BCUT2D eigenvalue weighted by atomic mass is 10.1. The molecule has 2 rings (SSSR count). The molecule has 0 bridgehead atoms. The number of para-hydroxylation sites is 1. The van der Waals surface area contributed by atoms with Crippen LogP contribution in [0.15, 0.2) is 47.3 Å². The van der Waals surface area contributed by atoms with Crippen LogP contribution in [-0.4, -0.2) is 17.1 Å². The van der Waals surface area contributed by atoms with Crippen LogP contribution < -0.4 is 10.9 Å². The number of hydrogen-bond acceptors (Lipinski definition) is 5. The summed E-state index contributed by atoms with van der Waals surface area (Å²) in [4.78, 5) is 23.1. The van der Waals surface area contributed by atoms with Gasteiger partial charge in [-0.1, -0.05) is 38.1 Å². The molecule has 1 aromatic carbocycles. The maximum atomic E-state index is 12.2. The number of nitrogens with zero attached hydrogens (tertiary/aromatic N) is 3. The van der Waals surface area contributed by atoms with Crippen molar-refractivity contribution < 1.29 is 4.79 Å². The summed E-state index contributed by atoms with van der Waals surface area (Å²) in [6, 6.07) is 7.85. The maximum absolute atomic E-state index is 12.2. The van der Waals surface area contributed by atoms with Crippen molar-refractivity contribution in [1.29, 1.82) is 0 Å². The van der Waals surface area contributed by atoms with E-state index < -0.39 is 11.9 Å². The summed E-state index contributed by atoms with van der Waals surface area (Å²) in [7, 11) is 0. The summed E-state index contributed by atoms with van der Waals surface area (Å²) < 4.78 is 0. The molecule has 0 spiro atoms. The summed E-state index contributed by atoms with van der Waals surface area (Å²) in [6.45, 7) is 3.89. The van der Waals surface area contributed by atoms with Crippen molar-refractivity contribution in [2.75, 3.05) is 5.01 Å². The van der Waals surface area contributed by atoms with Crippen LogP contribution in [-0.2, 0) is 4.79 Å². The fourth-order valence-electron chi connectivity index (χ4n) is 2.02. The Morgan fingerprint density at radius 3 is 2.47 bits per heavy atom. The number of hydrazine groups is 2. The van der Waals surface area contributed by atoms with E-state index in [-0.39, 0.29) is 5.92 Å². The molecule has 1 aliphatic rings. The van der Waals surface area contributed by atoms with Crippen molar-refractivity contribution in [2.45, 2.75) is 19.9 Å². The van der Waals surface area contributed by atoms with Gasteiger partial charge in [0, 0.05) is 0 Å². The quantitative estimate of drug-likeness (QED) is 0.664. The summed E-state index contributed by atoms with van der Waals surface area (Å²) in [6.07, 6.45) is 1.77. The van der Waals surface area contributed by atoms with E-state index in [0.717, 1.165) is 0 Å². The van der Waals surface area contributed by atoms with E-state index in [4.69, 9.17) is 5.84 Å². The van der Waals surface area contributed by atoms with Gasteiger partial charge in [0.25, 0.3) is 5.91 Å². The molecular formula is C13H16N4O2. The highest BCUT2D eigenvalue weighted by atomic mass is 16.3. The molecule has 0 aliphatic carbocycles. The Labute approximate surface area is 111 Å². The number of benzene rings is 1. The lowest BCUT2D eigenvalue weighted by Gasteiger charge is -2.25. The van der Waals surface area contributed by atoms with Crippen molar-refractivity contribution in [1.82, 2.24) is 5.12 Å². The topological polar surface area (TPSA) is 79.0 Å². The first kappa shape index (κ1) is 13.2. The van der Waals surface area contributed by atoms with E-state index in [2.05, 4.69) is 5.18 Å². The van der Waals surface area contributed by atoms with Crippen LogP contribution in [0.5, 0.6) is 0 Å². The van der Waals surface area contributed by atoms with Gasteiger partial charge in [-0.15, -0.1) is 4.91 Å². The molecule has 1 aromatic rings. The first-order valence-corrected chi connectivity index (χ1v) is 6.04. The molecule has 0 saturated carbocycles. The van der Waals surface area contributed by atoms with Crippen LogP contribution >= 0.6 is 0 Å². The number of carbonyl (C=O) groups is 1. The Morgan fingerprint density at radius 2 is 1.95 bits per heavy atom. The third-order valence-electron chi connectivity index (χ3n) is 2.81. The molecule has 19 heavy (non-hydrogen) atoms. The first-order valence-electron chi connectivity index (χ1n) is 6.04. The average molecular weight is 260 g/mol. The number of hydrogen-bond donors (Lipinski definition) is 1. The number of rotatable bonds is 3. The Bertz CT molecular complexity index is 513. The summed E-state index contributed by atoms with van der Waals surface area (Å²) in [5, 5.41) is 5.36. The Morgan fingerprint density at radius 1 is 1.32 bits per heavy atom. The van der Waals surface area contributed by atoms with Crippen LogP contribution in [0.3, 0.4) is 0 Å². The second-order valence-corrected chi connectivity index (χ2v) is 4.67. The van der Waals surface area contributed by atoms with Crippen LogP contribution in [0.1, 0.15) is 13.8 Å². The average Bonchev–Trinajstić information content (AvgIpc) is 2.61. The number of anilines is 1. The number of nitrogens with two attached hydrogens (primary N) is 1. The molecule has 1 atom stereocenters. The molecule has 2 N–H and O–H groups in total. The molecule has 6 nitrogen and oxygen atoms in total. The van der Waals surface area contributed by atoms with Crippen molar-refractivity contribution in [3.63, 3.8) is 0 Å².